The SMILES string of the molecule is O=C(COC(=O)c1ccccc1N1CCOCC1)c1ccc(F)c(F)c1. The van der Waals surface area contributed by atoms with Crippen LogP contribution in [0, 0.1) is 11.6 Å². The Kier molecular flexibility index (Phi) is 5.58. The number of para-hydroxylation sites is 1. The van der Waals surface area contributed by atoms with Gasteiger partial charge in [-0.1, -0.05) is 12.1 Å². The number of nitrogens with zero attached hydrogens (tertiary/aromatic N) is 1. The second-order valence-electron chi connectivity index (χ2n) is 5.74. The third-order valence-electron chi connectivity index (χ3n) is 4.05. The van der Waals surface area contributed by atoms with Crippen molar-refractivity contribution in [3.63, 3.8) is 0 Å². The van der Waals surface area contributed by atoms with Crippen LogP contribution in [-0.4, -0.2) is 44.7 Å². The van der Waals surface area contributed by atoms with Gasteiger partial charge in [0.25, 0.3) is 0 Å². The van der Waals surface area contributed by atoms with Gasteiger partial charge in [0.15, 0.2) is 24.0 Å². The summed E-state index contributed by atoms with van der Waals surface area (Å²) >= 11 is 0. The fourth-order valence-corrected chi connectivity index (χ4v) is 2.69. The van der Waals surface area contributed by atoms with E-state index in [2.05, 4.69) is 0 Å². The van der Waals surface area contributed by atoms with Crippen LogP contribution in [0.4, 0.5) is 14.5 Å². The molecule has 0 atom stereocenters. The number of hydrogen-bond acceptors (Lipinski definition) is 5. The number of morpholine rings is 1. The number of hydrogen-bond donors (Lipinski definition) is 0. The Bertz CT molecular complexity index is 819. The number of anilines is 1. The Balaban J connectivity index is 1.68. The maximum atomic E-state index is 13.2. The highest BCUT2D eigenvalue weighted by atomic mass is 19.2. The average molecular weight is 361 g/mol. The van der Waals surface area contributed by atoms with Crippen molar-refractivity contribution in [2.24, 2.45) is 0 Å². The summed E-state index contributed by atoms with van der Waals surface area (Å²) in [4.78, 5) is 26.4. The Morgan fingerprint density at radius 2 is 1.77 bits per heavy atom. The topological polar surface area (TPSA) is 55.8 Å². The molecular weight excluding hydrogens is 344 g/mol. The smallest absolute Gasteiger partial charge is 0.340 e. The first-order valence-corrected chi connectivity index (χ1v) is 8.13. The lowest BCUT2D eigenvalue weighted by molar-refractivity contribution is 0.0474. The fraction of sp³-hybridized carbons (Fsp3) is 0.263. The lowest BCUT2D eigenvalue weighted by Gasteiger charge is -2.30. The fourth-order valence-electron chi connectivity index (χ4n) is 2.69. The molecule has 0 unspecified atom stereocenters. The van der Waals surface area contributed by atoms with E-state index < -0.39 is 30.0 Å². The van der Waals surface area contributed by atoms with Gasteiger partial charge in [-0.25, -0.2) is 13.6 Å². The number of ether oxygens (including phenoxy) is 2. The minimum atomic E-state index is -1.13. The molecule has 0 spiro atoms. The van der Waals surface area contributed by atoms with E-state index in [-0.39, 0.29) is 5.56 Å². The zero-order valence-electron chi connectivity index (χ0n) is 13.9. The molecule has 2 aromatic carbocycles. The summed E-state index contributed by atoms with van der Waals surface area (Å²) < 4.78 is 36.5. The second-order valence-corrected chi connectivity index (χ2v) is 5.74. The molecule has 0 bridgehead atoms. The normalized spacial score (nSPS) is 14.2. The summed E-state index contributed by atoms with van der Waals surface area (Å²) in [6, 6.07) is 9.74. The van der Waals surface area contributed by atoms with Crippen LogP contribution < -0.4 is 4.90 Å². The third-order valence-corrected chi connectivity index (χ3v) is 4.05. The van der Waals surface area contributed by atoms with Crippen LogP contribution >= 0.6 is 0 Å². The van der Waals surface area contributed by atoms with E-state index in [4.69, 9.17) is 9.47 Å². The van der Waals surface area contributed by atoms with E-state index in [0.29, 0.717) is 37.6 Å². The van der Waals surface area contributed by atoms with E-state index in [1.807, 2.05) is 11.0 Å². The van der Waals surface area contributed by atoms with Gasteiger partial charge in [0.2, 0.25) is 0 Å². The standard InChI is InChI=1S/C19H17F2NO4/c20-15-6-5-13(11-16(15)21)18(23)12-26-19(24)14-3-1-2-4-17(14)22-7-9-25-10-8-22/h1-6,11H,7-10,12H2. The third kappa shape index (κ3) is 4.05. The number of ketones is 1. The molecule has 1 aliphatic heterocycles. The van der Waals surface area contributed by atoms with Crippen molar-refractivity contribution in [3.8, 4) is 0 Å². The predicted molar refractivity (Wildman–Crippen MR) is 90.4 cm³/mol. The maximum absolute atomic E-state index is 13.2. The molecule has 0 N–H and O–H groups in total. The Morgan fingerprint density at radius 3 is 2.50 bits per heavy atom. The van der Waals surface area contributed by atoms with Crippen molar-refractivity contribution in [1.82, 2.24) is 0 Å². The summed E-state index contributed by atoms with van der Waals surface area (Å²) in [7, 11) is 0. The van der Waals surface area contributed by atoms with Crippen LogP contribution in [0.3, 0.4) is 0 Å². The van der Waals surface area contributed by atoms with Gasteiger partial charge < -0.3 is 14.4 Å². The predicted octanol–water partition coefficient (Wildman–Crippen LogP) is 2.84. The van der Waals surface area contributed by atoms with E-state index in [1.54, 1.807) is 18.2 Å². The zero-order chi connectivity index (χ0) is 18.5. The van der Waals surface area contributed by atoms with Crippen molar-refractivity contribution in [2.75, 3.05) is 37.8 Å². The van der Waals surface area contributed by atoms with Crippen molar-refractivity contribution in [3.05, 3.63) is 65.2 Å². The van der Waals surface area contributed by atoms with E-state index >= 15 is 0 Å². The minimum Gasteiger partial charge on any atom is -0.454 e. The van der Waals surface area contributed by atoms with Gasteiger partial charge in [-0.15, -0.1) is 0 Å². The van der Waals surface area contributed by atoms with Gasteiger partial charge in [0.05, 0.1) is 24.5 Å². The van der Waals surface area contributed by atoms with Gasteiger partial charge in [-0.2, -0.15) is 0 Å². The van der Waals surface area contributed by atoms with Gasteiger partial charge in [0.1, 0.15) is 0 Å². The van der Waals surface area contributed by atoms with E-state index in [0.717, 1.165) is 18.2 Å². The molecule has 0 radical (unpaired) electrons. The molecule has 0 aliphatic carbocycles. The van der Waals surface area contributed by atoms with Crippen LogP contribution in [0.15, 0.2) is 42.5 Å². The van der Waals surface area contributed by atoms with Crippen LogP contribution in [0.5, 0.6) is 0 Å². The average Bonchev–Trinajstić information content (AvgIpc) is 2.68. The Morgan fingerprint density at radius 1 is 1.04 bits per heavy atom. The number of benzene rings is 2. The Hall–Kier alpha value is -2.80. The highest BCUT2D eigenvalue weighted by Gasteiger charge is 2.20. The number of esters is 1. The molecule has 1 saturated heterocycles. The highest BCUT2D eigenvalue weighted by molar-refractivity contribution is 6.01. The van der Waals surface area contributed by atoms with E-state index in [9.17, 15) is 18.4 Å². The molecule has 3 rings (SSSR count). The van der Waals surface area contributed by atoms with Crippen molar-refractivity contribution in [2.45, 2.75) is 0 Å². The van der Waals surface area contributed by atoms with Gasteiger partial charge in [-0.05, 0) is 30.3 Å². The molecule has 2 aromatic rings. The van der Waals surface area contributed by atoms with Gasteiger partial charge in [-0.3, -0.25) is 4.79 Å². The highest BCUT2D eigenvalue weighted by Crippen LogP contribution is 2.22. The summed E-state index contributed by atoms with van der Waals surface area (Å²) in [5, 5.41) is 0. The molecule has 7 heteroatoms. The number of rotatable bonds is 5. The maximum Gasteiger partial charge on any atom is 0.340 e. The summed E-state index contributed by atoms with van der Waals surface area (Å²) in [6.45, 7) is 1.88. The molecule has 0 saturated carbocycles. The quantitative estimate of drug-likeness (QED) is 0.606. The van der Waals surface area contributed by atoms with Gasteiger partial charge >= 0.3 is 5.97 Å². The lowest BCUT2D eigenvalue weighted by atomic mass is 10.1. The van der Waals surface area contributed by atoms with Crippen LogP contribution in [-0.2, 0) is 9.47 Å². The van der Waals surface area contributed by atoms with Crippen LogP contribution in [0.25, 0.3) is 0 Å². The second kappa shape index (κ2) is 8.05. The Labute approximate surface area is 149 Å². The number of Topliss-reactive ketones (excluding diaryl/α,β-unsaturated/α-hetero) is 1. The number of carbonyl (C=O) groups is 2. The lowest BCUT2D eigenvalue weighted by Crippen LogP contribution is -2.37. The largest absolute Gasteiger partial charge is 0.454 e. The summed E-state index contributed by atoms with van der Waals surface area (Å²) in [6.07, 6.45) is 0. The molecule has 0 amide bonds. The first-order valence-electron chi connectivity index (χ1n) is 8.13. The molecule has 136 valence electrons. The molecule has 1 fully saturated rings. The van der Waals surface area contributed by atoms with Crippen molar-refractivity contribution in [1.29, 1.82) is 0 Å². The molecule has 26 heavy (non-hydrogen) atoms. The number of carbonyl (C=O) groups excluding carboxylic acids is 2. The molecule has 5 nitrogen and oxygen atoms in total. The monoisotopic (exact) mass is 361 g/mol. The van der Waals surface area contributed by atoms with E-state index in [1.165, 1.54) is 0 Å². The summed E-state index contributed by atoms with van der Waals surface area (Å²) in [5.74, 6) is -3.43. The molecule has 0 aromatic heterocycles. The van der Waals surface area contributed by atoms with Crippen LogP contribution in [0.1, 0.15) is 20.7 Å². The zero-order valence-corrected chi connectivity index (χ0v) is 13.9. The van der Waals surface area contributed by atoms with Crippen LogP contribution in [0.2, 0.25) is 0 Å². The summed E-state index contributed by atoms with van der Waals surface area (Å²) in [5.41, 5.74) is 0.992. The number of halogens is 2. The molecular formula is C19H17F2NO4. The van der Waals surface area contributed by atoms with Gasteiger partial charge in [0, 0.05) is 18.7 Å². The molecule has 1 aliphatic rings. The first-order chi connectivity index (χ1) is 12.6. The minimum absolute atomic E-state index is 0.0573. The first kappa shape index (κ1) is 18.0. The van der Waals surface area contributed by atoms with Crippen molar-refractivity contribution < 1.29 is 27.8 Å². The molecule has 1 heterocycles. The van der Waals surface area contributed by atoms with Crippen molar-refractivity contribution >= 4 is 17.4 Å².